The molecule has 3 aromatic rings. The molecule has 28 heavy (non-hydrogen) atoms. The number of hydrogen-bond donors (Lipinski definition) is 0. The molecule has 0 fully saturated rings. The van der Waals surface area contributed by atoms with Crippen LogP contribution in [-0.2, 0) is 4.79 Å². The third-order valence-electron chi connectivity index (χ3n) is 4.40. The molecule has 1 amide bonds. The summed E-state index contributed by atoms with van der Waals surface area (Å²) in [7, 11) is 0. The van der Waals surface area contributed by atoms with Gasteiger partial charge in [0.15, 0.2) is 5.69 Å². The minimum Gasteiger partial charge on any atom is -0.447 e. The van der Waals surface area contributed by atoms with Gasteiger partial charge >= 0.3 is 0 Å². The molecule has 142 valence electrons. The lowest BCUT2D eigenvalue weighted by atomic mass is 10.1. The molecule has 1 aliphatic rings. The van der Waals surface area contributed by atoms with E-state index in [9.17, 15) is 4.79 Å². The monoisotopic (exact) mass is 393 g/mol. The van der Waals surface area contributed by atoms with E-state index in [4.69, 9.17) is 4.74 Å². The highest BCUT2D eigenvalue weighted by Crippen LogP contribution is 2.43. The fourth-order valence-electron chi connectivity index (χ4n) is 3.14. The molecule has 0 unspecified atom stereocenters. The van der Waals surface area contributed by atoms with Crippen molar-refractivity contribution in [2.45, 2.75) is 31.1 Å². The Balaban J connectivity index is 1.95. The maximum Gasteiger partial charge on any atom is 0.247 e. The number of amides is 1. The van der Waals surface area contributed by atoms with Crippen molar-refractivity contribution in [3.05, 3.63) is 54.4 Å². The Kier molecular flexibility index (Phi) is 5.21. The Labute approximate surface area is 167 Å². The van der Waals surface area contributed by atoms with Gasteiger partial charge in [-0.3, -0.25) is 14.7 Å². The van der Waals surface area contributed by atoms with Crippen LogP contribution in [0.25, 0.3) is 11.3 Å². The van der Waals surface area contributed by atoms with E-state index < -0.39 is 6.23 Å². The van der Waals surface area contributed by atoms with Gasteiger partial charge in [0, 0.05) is 29.9 Å². The predicted molar refractivity (Wildman–Crippen MR) is 107 cm³/mol. The molecule has 0 saturated carbocycles. The second kappa shape index (κ2) is 7.93. The van der Waals surface area contributed by atoms with Gasteiger partial charge in [0.2, 0.25) is 23.2 Å². The van der Waals surface area contributed by atoms with Crippen LogP contribution in [-0.4, -0.2) is 32.3 Å². The minimum absolute atomic E-state index is 0.0327. The van der Waals surface area contributed by atoms with E-state index in [1.165, 1.54) is 11.8 Å². The zero-order chi connectivity index (χ0) is 19.5. The highest BCUT2D eigenvalue weighted by Gasteiger charge is 2.35. The molecule has 0 saturated heterocycles. The molecular formula is C20H19N5O2S. The Morgan fingerprint density at radius 1 is 1.21 bits per heavy atom. The summed E-state index contributed by atoms with van der Waals surface area (Å²) < 4.78 is 6.29. The highest BCUT2D eigenvalue weighted by molar-refractivity contribution is 7.98. The minimum atomic E-state index is -0.693. The normalized spacial score (nSPS) is 15.2. The van der Waals surface area contributed by atoms with Crippen LogP contribution in [0, 0.1) is 0 Å². The van der Waals surface area contributed by atoms with Crippen molar-refractivity contribution in [3.8, 4) is 17.1 Å². The molecule has 0 spiro atoms. The number of para-hydroxylation sites is 1. The molecule has 0 bridgehead atoms. The Morgan fingerprint density at radius 2 is 2.07 bits per heavy atom. The molecule has 3 heterocycles. The number of thioether (sulfide) groups is 1. The maximum atomic E-state index is 13.1. The van der Waals surface area contributed by atoms with Crippen LogP contribution < -0.4 is 9.64 Å². The van der Waals surface area contributed by atoms with Gasteiger partial charge in [0.25, 0.3) is 0 Å². The van der Waals surface area contributed by atoms with Gasteiger partial charge in [-0.05, 0) is 24.8 Å². The molecule has 8 heteroatoms. The fourth-order valence-corrected chi connectivity index (χ4v) is 3.44. The number of pyridine rings is 1. The van der Waals surface area contributed by atoms with E-state index >= 15 is 0 Å². The predicted octanol–water partition coefficient (Wildman–Crippen LogP) is 3.88. The van der Waals surface area contributed by atoms with Crippen molar-refractivity contribution in [3.63, 3.8) is 0 Å². The van der Waals surface area contributed by atoms with Crippen LogP contribution in [0.4, 0.5) is 5.69 Å². The summed E-state index contributed by atoms with van der Waals surface area (Å²) in [5, 5.41) is 9.02. The van der Waals surface area contributed by atoms with Gasteiger partial charge in [0.05, 0.1) is 5.69 Å². The van der Waals surface area contributed by atoms with Gasteiger partial charge in [-0.2, -0.15) is 4.98 Å². The number of benzene rings is 1. The zero-order valence-electron chi connectivity index (χ0n) is 15.6. The lowest BCUT2D eigenvalue weighted by Crippen LogP contribution is -2.37. The average Bonchev–Trinajstić information content (AvgIpc) is 2.88. The van der Waals surface area contributed by atoms with E-state index in [0.29, 0.717) is 23.2 Å². The number of carbonyl (C=O) groups excluding carboxylic acids is 1. The number of aromatic nitrogens is 4. The first-order valence-corrected chi connectivity index (χ1v) is 10.2. The quantitative estimate of drug-likeness (QED) is 0.622. The van der Waals surface area contributed by atoms with Gasteiger partial charge in [-0.1, -0.05) is 43.0 Å². The largest absolute Gasteiger partial charge is 0.447 e. The third kappa shape index (κ3) is 3.31. The molecule has 1 atom stereocenters. The first-order chi connectivity index (χ1) is 13.7. The molecular weight excluding hydrogens is 374 g/mol. The van der Waals surface area contributed by atoms with Crippen LogP contribution in [0.5, 0.6) is 5.88 Å². The summed E-state index contributed by atoms with van der Waals surface area (Å²) in [6.45, 7) is 1.98. The number of fused-ring (bicyclic) bond motifs is 3. The summed E-state index contributed by atoms with van der Waals surface area (Å²) in [6.07, 6.45) is 5.72. The lowest BCUT2D eigenvalue weighted by Gasteiger charge is -2.30. The first-order valence-electron chi connectivity index (χ1n) is 8.99. The van der Waals surface area contributed by atoms with Gasteiger partial charge in [0.1, 0.15) is 0 Å². The SMILES string of the molecule is CCCC(=O)N1c2ccccc2-c2nnc(SC)nc2O[C@@H]1c1cccnc1. The Bertz CT molecular complexity index is 999. The lowest BCUT2D eigenvalue weighted by molar-refractivity contribution is -0.120. The number of nitrogens with zero attached hydrogens (tertiary/aromatic N) is 5. The number of ether oxygens (including phenoxy) is 1. The molecule has 1 aromatic carbocycles. The van der Waals surface area contributed by atoms with Crippen LogP contribution >= 0.6 is 11.8 Å². The summed E-state index contributed by atoms with van der Waals surface area (Å²) in [6, 6.07) is 11.3. The third-order valence-corrected chi connectivity index (χ3v) is 4.93. The number of hydrogen-bond acceptors (Lipinski definition) is 7. The van der Waals surface area contributed by atoms with Gasteiger partial charge < -0.3 is 4.74 Å². The molecule has 0 aliphatic carbocycles. The second-order valence-corrected chi connectivity index (χ2v) is 7.01. The van der Waals surface area contributed by atoms with Gasteiger partial charge in [-0.25, -0.2) is 0 Å². The molecule has 4 rings (SSSR count). The van der Waals surface area contributed by atoms with E-state index in [-0.39, 0.29) is 5.91 Å². The van der Waals surface area contributed by atoms with Gasteiger partial charge in [-0.15, -0.1) is 10.2 Å². The highest BCUT2D eigenvalue weighted by atomic mass is 32.2. The molecule has 7 nitrogen and oxygen atoms in total. The topological polar surface area (TPSA) is 81.1 Å². The Hall–Kier alpha value is -3.00. The summed E-state index contributed by atoms with van der Waals surface area (Å²) in [5.74, 6) is 0.321. The van der Waals surface area contributed by atoms with E-state index in [1.807, 2.05) is 49.6 Å². The number of anilines is 1. The van der Waals surface area contributed by atoms with E-state index in [2.05, 4.69) is 20.2 Å². The van der Waals surface area contributed by atoms with Crippen LogP contribution in [0.1, 0.15) is 31.6 Å². The molecule has 1 aliphatic heterocycles. The first kappa shape index (κ1) is 18.4. The Morgan fingerprint density at radius 3 is 2.82 bits per heavy atom. The van der Waals surface area contributed by atoms with Crippen LogP contribution in [0.2, 0.25) is 0 Å². The van der Waals surface area contributed by atoms with Crippen molar-refractivity contribution in [2.24, 2.45) is 0 Å². The summed E-state index contributed by atoms with van der Waals surface area (Å²) in [4.78, 5) is 23.5. The van der Waals surface area contributed by atoms with Crippen molar-refractivity contribution in [1.29, 1.82) is 0 Å². The van der Waals surface area contributed by atoms with Crippen LogP contribution in [0.3, 0.4) is 0 Å². The molecule has 0 N–H and O–H groups in total. The van der Waals surface area contributed by atoms with E-state index in [0.717, 1.165) is 23.2 Å². The van der Waals surface area contributed by atoms with Crippen LogP contribution in [0.15, 0.2) is 53.9 Å². The smallest absolute Gasteiger partial charge is 0.247 e. The maximum absolute atomic E-state index is 13.1. The summed E-state index contributed by atoms with van der Waals surface area (Å²) >= 11 is 1.38. The van der Waals surface area contributed by atoms with E-state index in [1.54, 1.807) is 17.3 Å². The second-order valence-electron chi connectivity index (χ2n) is 6.24. The van der Waals surface area contributed by atoms with Crippen molar-refractivity contribution >= 4 is 23.4 Å². The van der Waals surface area contributed by atoms with Crippen molar-refractivity contribution < 1.29 is 9.53 Å². The standard InChI is InChI=1S/C20H19N5O2S/c1-3-7-16(26)25-15-10-5-4-9-14(15)17-18(22-20(28-2)24-23-17)27-19(25)13-8-6-11-21-12-13/h4-6,8-12,19H,3,7H2,1-2H3/t19-/m1/s1. The summed E-state index contributed by atoms with van der Waals surface area (Å²) in [5.41, 5.74) is 2.77. The number of rotatable bonds is 4. The zero-order valence-corrected chi connectivity index (χ0v) is 16.4. The molecule has 2 aromatic heterocycles. The van der Waals surface area contributed by atoms with Crippen molar-refractivity contribution in [2.75, 3.05) is 11.2 Å². The number of carbonyl (C=O) groups is 1. The average molecular weight is 393 g/mol. The molecule has 0 radical (unpaired) electrons. The van der Waals surface area contributed by atoms with Crippen molar-refractivity contribution in [1.82, 2.24) is 20.2 Å². The fraction of sp³-hybridized carbons (Fsp3) is 0.250.